The third-order valence-corrected chi connectivity index (χ3v) is 8.92. The second kappa shape index (κ2) is 9.62. The number of aromatic nitrogens is 1. The third kappa shape index (κ3) is 4.23. The lowest BCUT2D eigenvalue weighted by Crippen LogP contribution is -2.83. The predicted octanol–water partition coefficient (Wildman–Crippen LogP) is 1.35. The average molecular weight is 552 g/mol. The van der Waals surface area contributed by atoms with Crippen molar-refractivity contribution in [2.24, 2.45) is 5.73 Å². The molecule has 0 spiro atoms. The molecule has 2 unspecified atom stereocenters. The van der Waals surface area contributed by atoms with Crippen LogP contribution < -0.4 is 5.73 Å². The maximum absolute atomic E-state index is 13.9. The summed E-state index contributed by atoms with van der Waals surface area (Å²) in [4.78, 5) is 46.0. The Labute approximate surface area is 219 Å². The van der Waals surface area contributed by atoms with Crippen molar-refractivity contribution in [3.63, 3.8) is 0 Å². The highest BCUT2D eigenvalue weighted by Gasteiger charge is 2.64. The van der Waals surface area contributed by atoms with Crippen molar-refractivity contribution in [3.8, 4) is 0 Å². The number of nitrogens with zero attached hydrogens (tertiary/aromatic N) is 4. The Morgan fingerprint density at radius 1 is 1.22 bits per heavy atom. The molecule has 1 aromatic carbocycles. The fourth-order valence-electron chi connectivity index (χ4n) is 4.58. The SMILES string of the molecule is CC(C)N1CC2(C(N)=O)N(C(=O)[C]CN2S(=O)(=O)c2ccc(Cl)cc2Cl)C(Cc2ccncc2)C1=O. The van der Waals surface area contributed by atoms with Gasteiger partial charge in [0.25, 0.3) is 5.91 Å². The van der Waals surface area contributed by atoms with Crippen LogP contribution in [0.15, 0.2) is 47.6 Å². The summed E-state index contributed by atoms with van der Waals surface area (Å²) in [5, 5.41) is 0.0373. The summed E-state index contributed by atoms with van der Waals surface area (Å²) >= 11 is 12.2. The molecule has 13 heteroatoms. The molecule has 36 heavy (non-hydrogen) atoms. The van der Waals surface area contributed by atoms with Gasteiger partial charge in [0.1, 0.15) is 10.9 Å². The number of rotatable bonds is 6. The molecule has 2 N–H and O–H groups in total. The van der Waals surface area contributed by atoms with Crippen LogP contribution in [0.4, 0.5) is 0 Å². The van der Waals surface area contributed by atoms with Gasteiger partial charge in [-0.3, -0.25) is 19.4 Å². The summed E-state index contributed by atoms with van der Waals surface area (Å²) in [5.41, 5.74) is 4.33. The van der Waals surface area contributed by atoms with Gasteiger partial charge in [-0.25, -0.2) is 8.42 Å². The summed E-state index contributed by atoms with van der Waals surface area (Å²) < 4.78 is 28.6. The van der Waals surface area contributed by atoms with E-state index in [0.717, 1.165) is 9.21 Å². The molecule has 2 aromatic rings. The minimum atomic E-state index is -4.53. The zero-order valence-corrected chi connectivity index (χ0v) is 21.7. The number of pyridine rings is 1. The monoisotopic (exact) mass is 551 g/mol. The van der Waals surface area contributed by atoms with Crippen LogP contribution in [0.1, 0.15) is 19.4 Å². The first kappa shape index (κ1) is 26.3. The minimum absolute atomic E-state index is 0.00259. The highest BCUT2D eigenvalue weighted by atomic mass is 35.5. The van der Waals surface area contributed by atoms with Crippen LogP contribution in [0.3, 0.4) is 0 Å². The largest absolute Gasteiger partial charge is 0.366 e. The van der Waals surface area contributed by atoms with Crippen LogP contribution in [0.5, 0.6) is 0 Å². The summed E-state index contributed by atoms with van der Waals surface area (Å²) in [6, 6.07) is 5.48. The molecule has 2 saturated heterocycles. The topological polar surface area (TPSA) is 134 Å². The van der Waals surface area contributed by atoms with Crippen molar-refractivity contribution < 1.29 is 22.8 Å². The van der Waals surface area contributed by atoms with Crippen molar-refractivity contribution in [1.82, 2.24) is 19.1 Å². The molecular weight excluding hydrogens is 529 g/mol. The predicted molar refractivity (Wildman–Crippen MR) is 131 cm³/mol. The molecule has 10 nitrogen and oxygen atoms in total. The van der Waals surface area contributed by atoms with Gasteiger partial charge in [-0.1, -0.05) is 23.2 Å². The molecule has 0 bridgehead atoms. The van der Waals surface area contributed by atoms with Gasteiger partial charge in [0.05, 0.1) is 18.0 Å². The first-order valence-corrected chi connectivity index (χ1v) is 13.1. The van der Waals surface area contributed by atoms with E-state index in [1.54, 1.807) is 26.0 Å². The molecule has 3 heterocycles. The summed E-state index contributed by atoms with van der Waals surface area (Å²) in [5.74, 6) is -2.35. The Hall–Kier alpha value is -2.73. The molecule has 2 aliphatic heterocycles. The highest BCUT2D eigenvalue weighted by molar-refractivity contribution is 7.89. The molecule has 0 saturated carbocycles. The van der Waals surface area contributed by atoms with Crippen LogP contribution in [-0.4, -0.2) is 76.1 Å². The van der Waals surface area contributed by atoms with Gasteiger partial charge in [-0.05, 0) is 49.7 Å². The average Bonchev–Trinajstić information content (AvgIpc) is 2.80. The second-order valence-electron chi connectivity index (χ2n) is 8.75. The van der Waals surface area contributed by atoms with Gasteiger partial charge >= 0.3 is 0 Å². The zero-order valence-electron chi connectivity index (χ0n) is 19.4. The minimum Gasteiger partial charge on any atom is -0.366 e. The van der Waals surface area contributed by atoms with E-state index in [0.29, 0.717) is 5.56 Å². The molecule has 1 aromatic heterocycles. The van der Waals surface area contributed by atoms with E-state index in [4.69, 9.17) is 28.9 Å². The number of hydrogen-bond donors (Lipinski definition) is 1. The molecule has 0 aliphatic carbocycles. The maximum Gasteiger partial charge on any atom is 0.261 e. The summed E-state index contributed by atoms with van der Waals surface area (Å²) in [6.45, 7) is 2.43. The quantitative estimate of drug-likeness (QED) is 0.575. The number of primary amides is 1. The smallest absolute Gasteiger partial charge is 0.261 e. The van der Waals surface area contributed by atoms with E-state index in [9.17, 15) is 22.8 Å². The number of hydrogen-bond acceptors (Lipinski definition) is 6. The zero-order chi connectivity index (χ0) is 26.4. The molecule has 4 rings (SSSR count). The standard InChI is InChI=1S/C23H23Cl2N5O5S/c1-14(2)28-13-23(22(26)33)29(36(34,35)19-4-3-16(24)12-17(19)25)10-7-20(31)30(23)18(21(28)32)11-15-5-8-27-9-6-15/h3-6,8-9,12,14,18H,10-11,13H2,1-2H3,(H2,26,33). The van der Waals surface area contributed by atoms with Gasteiger partial charge in [-0.15, -0.1) is 0 Å². The number of carbonyl (C=O) groups is 3. The molecule has 190 valence electrons. The molecule has 2 atom stereocenters. The number of benzene rings is 1. The van der Waals surface area contributed by atoms with Crippen molar-refractivity contribution >= 4 is 50.9 Å². The second-order valence-corrected chi connectivity index (χ2v) is 11.4. The lowest BCUT2D eigenvalue weighted by atomic mass is 9.90. The van der Waals surface area contributed by atoms with E-state index in [1.165, 1.54) is 35.5 Å². The lowest BCUT2D eigenvalue weighted by molar-refractivity contribution is -0.182. The number of amides is 3. The first-order chi connectivity index (χ1) is 16.9. The fourth-order valence-corrected chi connectivity index (χ4v) is 6.93. The Balaban J connectivity index is 1.93. The number of sulfonamides is 1. The van der Waals surface area contributed by atoms with Gasteiger partial charge < -0.3 is 15.5 Å². The molecule has 3 amide bonds. The third-order valence-electron chi connectivity index (χ3n) is 6.33. The fraction of sp³-hybridized carbons (Fsp3) is 0.348. The Morgan fingerprint density at radius 2 is 1.89 bits per heavy atom. The van der Waals surface area contributed by atoms with Crippen LogP contribution in [0.25, 0.3) is 0 Å². The van der Waals surface area contributed by atoms with Crippen LogP contribution >= 0.6 is 23.2 Å². The van der Waals surface area contributed by atoms with Crippen molar-refractivity contribution in [3.05, 3.63) is 64.8 Å². The van der Waals surface area contributed by atoms with Crippen LogP contribution in [0.2, 0.25) is 10.0 Å². The van der Waals surface area contributed by atoms with E-state index in [1.807, 2.05) is 0 Å². The normalized spacial score (nSPS) is 23.2. The number of halogens is 2. The van der Waals surface area contributed by atoms with Crippen molar-refractivity contribution in [1.29, 1.82) is 0 Å². The first-order valence-electron chi connectivity index (χ1n) is 11.0. The number of nitrogens with two attached hydrogens (primary N) is 1. The number of fused-ring (bicyclic) bond motifs is 1. The number of piperazine rings is 1. The molecular formula is C23H23Cl2N5O5S. The lowest BCUT2D eigenvalue weighted by Gasteiger charge is -2.58. The Bertz CT molecular complexity index is 1320. The van der Waals surface area contributed by atoms with E-state index >= 15 is 0 Å². The Kier molecular flexibility index (Phi) is 7.04. The highest BCUT2D eigenvalue weighted by Crippen LogP contribution is 2.40. The van der Waals surface area contributed by atoms with Gasteiger partial charge in [0.2, 0.25) is 27.5 Å². The summed E-state index contributed by atoms with van der Waals surface area (Å²) in [6.07, 6.45) is 5.53. The maximum atomic E-state index is 13.9. The van der Waals surface area contributed by atoms with Gasteiger partial charge in [0, 0.05) is 36.4 Å². The van der Waals surface area contributed by atoms with E-state index in [-0.39, 0.29) is 21.4 Å². The summed E-state index contributed by atoms with van der Waals surface area (Å²) in [7, 11) is -4.53. The molecule has 2 radical (unpaired) electrons. The van der Waals surface area contributed by atoms with Crippen molar-refractivity contribution in [2.45, 2.75) is 42.9 Å². The van der Waals surface area contributed by atoms with E-state index < -0.39 is 58.6 Å². The van der Waals surface area contributed by atoms with Gasteiger partial charge in [-0.2, -0.15) is 4.31 Å². The van der Waals surface area contributed by atoms with Gasteiger partial charge in [0.15, 0.2) is 0 Å². The molecule has 2 fully saturated rings. The number of carbonyl (C=O) groups excluding carboxylic acids is 3. The Morgan fingerprint density at radius 3 is 2.47 bits per heavy atom. The molecule has 2 aliphatic rings. The van der Waals surface area contributed by atoms with Crippen molar-refractivity contribution in [2.75, 3.05) is 13.1 Å². The van der Waals surface area contributed by atoms with E-state index in [2.05, 4.69) is 11.4 Å². The van der Waals surface area contributed by atoms with Crippen LogP contribution in [0, 0.1) is 6.42 Å². The van der Waals surface area contributed by atoms with Crippen LogP contribution in [-0.2, 0) is 30.8 Å².